The molecule has 0 radical (unpaired) electrons. The molecule has 0 saturated heterocycles. The van der Waals surface area contributed by atoms with E-state index in [9.17, 15) is 0 Å². The molecule has 4 heteroatoms. The number of hydrogen-bond donors (Lipinski definition) is 2. The van der Waals surface area contributed by atoms with E-state index in [1.54, 1.807) is 21.1 Å². The van der Waals surface area contributed by atoms with E-state index in [1.807, 2.05) is 25.1 Å². The molecule has 0 unspecified atom stereocenters. The quantitative estimate of drug-likeness (QED) is 0.589. The molecule has 1 aromatic carbocycles. The Hall–Kier alpha value is -1.26. The molecule has 0 aromatic heterocycles. The number of anilines is 2. The van der Waals surface area contributed by atoms with Gasteiger partial charge in [-0.05, 0) is 30.7 Å². The van der Waals surface area contributed by atoms with Crippen molar-refractivity contribution in [3.05, 3.63) is 23.8 Å². The lowest BCUT2D eigenvalue weighted by Gasteiger charge is -2.28. The highest BCUT2D eigenvalue weighted by Crippen LogP contribution is 2.20. The lowest BCUT2D eigenvalue weighted by Crippen LogP contribution is -2.38. The third kappa shape index (κ3) is 2.84. The van der Waals surface area contributed by atoms with Crippen molar-refractivity contribution >= 4 is 11.4 Å². The van der Waals surface area contributed by atoms with Gasteiger partial charge in [-0.15, -0.1) is 0 Å². The van der Waals surface area contributed by atoms with Crippen molar-refractivity contribution in [2.75, 3.05) is 25.3 Å². The summed E-state index contributed by atoms with van der Waals surface area (Å²) < 4.78 is 10.4. The Kier molecular flexibility index (Phi) is 3.55. The van der Waals surface area contributed by atoms with Gasteiger partial charge >= 0.3 is 0 Å². The van der Waals surface area contributed by atoms with Crippen molar-refractivity contribution in [2.24, 2.45) is 0 Å². The van der Waals surface area contributed by atoms with Crippen LogP contribution < -0.4 is 11.1 Å². The van der Waals surface area contributed by atoms with Gasteiger partial charge in [-0.1, -0.05) is 0 Å². The maximum atomic E-state index is 5.73. The molecule has 84 valence electrons. The molecular formula is C11H18N2O2. The van der Waals surface area contributed by atoms with E-state index in [-0.39, 0.29) is 0 Å². The largest absolute Gasteiger partial charge is 0.399 e. The maximum absolute atomic E-state index is 5.73. The van der Waals surface area contributed by atoms with Crippen molar-refractivity contribution in [1.82, 2.24) is 0 Å². The van der Waals surface area contributed by atoms with Crippen LogP contribution in [0.25, 0.3) is 0 Å². The Morgan fingerprint density at radius 2 is 1.87 bits per heavy atom. The Bertz CT molecular complexity index is 335. The van der Waals surface area contributed by atoms with E-state index in [1.165, 1.54) is 0 Å². The van der Waals surface area contributed by atoms with Gasteiger partial charge in [-0.2, -0.15) is 0 Å². The highest BCUT2D eigenvalue weighted by atomic mass is 16.7. The van der Waals surface area contributed by atoms with E-state index < -0.39 is 5.91 Å². The summed E-state index contributed by atoms with van der Waals surface area (Å²) in [6, 6.07) is 5.69. The number of hydrogen-bond acceptors (Lipinski definition) is 4. The van der Waals surface area contributed by atoms with Crippen LogP contribution >= 0.6 is 0 Å². The van der Waals surface area contributed by atoms with Crippen LogP contribution in [0.2, 0.25) is 0 Å². The van der Waals surface area contributed by atoms with Crippen molar-refractivity contribution < 1.29 is 9.47 Å². The molecule has 0 aliphatic rings. The smallest absolute Gasteiger partial charge is 0.245 e. The summed E-state index contributed by atoms with van der Waals surface area (Å²) in [5.74, 6) is -0.817. The van der Waals surface area contributed by atoms with Gasteiger partial charge in [0.2, 0.25) is 5.91 Å². The minimum atomic E-state index is -0.817. The van der Waals surface area contributed by atoms with E-state index in [0.717, 1.165) is 16.9 Å². The lowest BCUT2D eigenvalue weighted by atomic mass is 10.2. The van der Waals surface area contributed by atoms with Crippen molar-refractivity contribution in [3.63, 3.8) is 0 Å². The summed E-state index contributed by atoms with van der Waals surface area (Å²) in [6.07, 6.45) is 0. The van der Waals surface area contributed by atoms with E-state index in [0.29, 0.717) is 0 Å². The first-order valence-electron chi connectivity index (χ1n) is 4.75. The van der Waals surface area contributed by atoms with E-state index >= 15 is 0 Å². The first-order valence-corrected chi connectivity index (χ1v) is 4.75. The van der Waals surface area contributed by atoms with Crippen LogP contribution in [0, 0.1) is 6.92 Å². The van der Waals surface area contributed by atoms with Crippen LogP contribution in [0.4, 0.5) is 11.4 Å². The molecule has 0 bridgehead atoms. The average Bonchev–Trinajstić information content (AvgIpc) is 2.23. The number of methoxy groups -OCH3 is 2. The highest BCUT2D eigenvalue weighted by molar-refractivity contribution is 5.57. The monoisotopic (exact) mass is 210 g/mol. The molecule has 0 amide bonds. The van der Waals surface area contributed by atoms with E-state index in [2.05, 4.69) is 5.32 Å². The van der Waals surface area contributed by atoms with Gasteiger partial charge in [-0.25, -0.2) is 0 Å². The standard InChI is InChI=1S/C11H18N2O2/c1-8-7-9(5-6-10(8)12)13-11(2,14-3)15-4/h5-7,13H,12H2,1-4H3. The number of rotatable bonds is 4. The van der Waals surface area contributed by atoms with Crippen LogP contribution in [0.5, 0.6) is 0 Å². The predicted octanol–water partition coefficient (Wildman–Crippen LogP) is 1.96. The molecule has 3 N–H and O–H groups in total. The molecule has 1 rings (SSSR count). The Morgan fingerprint density at radius 3 is 2.33 bits per heavy atom. The fourth-order valence-corrected chi connectivity index (χ4v) is 1.20. The van der Waals surface area contributed by atoms with Crippen molar-refractivity contribution in [2.45, 2.75) is 19.8 Å². The van der Waals surface area contributed by atoms with Crippen LogP contribution in [0.3, 0.4) is 0 Å². The highest BCUT2D eigenvalue weighted by Gasteiger charge is 2.21. The zero-order valence-electron chi connectivity index (χ0n) is 9.63. The molecule has 4 nitrogen and oxygen atoms in total. The zero-order chi connectivity index (χ0) is 11.5. The molecule has 0 aliphatic carbocycles. The zero-order valence-corrected chi connectivity index (χ0v) is 9.63. The minimum absolute atomic E-state index is 0.775. The van der Waals surface area contributed by atoms with Crippen molar-refractivity contribution in [3.8, 4) is 0 Å². The maximum Gasteiger partial charge on any atom is 0.245 e. The number of nitrogen functional groups attached to an aromatic ring is 1. The normalized spacial score (nSPS) is 11.5. The summed E-state index contributed by atoms with van der Waals surface area (Å²) in [4.78, 5) is 0. The number of nitrogens with two attached hydrogens (primary N) is 1. The summed E-state index contributed by atoms with van der Waals surface area (Å²) in [5, 5.41) is 3.12. The number of ether oxygens (including phenoxy) is 2. The Labute approximate surface area is 90.4 Å². The molecular weight excluding hydrogens is 192 g/mol. The van der Waals surface area contributed by atoms with Crippen molar-refractivity contribution in [1.29, 1.82) is 0 Å². The number of nitrogens with one attached hydrogen (secondary N) is 1. The SMILES string of the molecule is COC(C)(Nc1ccc(N)c(C)c1)OC. The molecule has 0 atom stereocenters. The summed E-state index contributed by atoms with van der Waals surface area (Å²) >= 11 is 0. The second-order valence-electron chi connectivity index (χ2n) is 3.55. The molecule has 15 heavy (non-hydrogen) atoms. The molecule has 0 heterocycles. The number of aryl methyl sites for hydroxylation is 1. The van der Waals surface area contributed by atoms with E-state index in [4.69, 9.17) is 15.2 Å². The first kappa shape index (κ1) is 11.8. The second-order valence-corrected chi connectivity index (χ2v) is 3.55. The molecule has 0 spiro atoms. The fourth-order valence-electron chi connectivity index (χ4n) is 1.20. The molecule has 0 saturated carbocycles. The topological polar surface area (TPSA) is 56.5 Å². The molecule has 1 aromatic rings. The third-order valence-corrected chi connectivity index (χ3v) is 2.42. The van der Waals surface area contributed by atoms with Gasteiger partial charge in [0.1, 0.15) is 0 Å². The fraction of sp³-hybridized carbons (Fsp3) is 0.455. The Morgan fingerprint density at radius 1 is 1.27 bits per heavy atom. The van der Waals surface area contributed by atoms with Crippen LogP contribution in [-0.2, 0) is 9.47 Å². The second kappa shape index (κ2) is 4.51. The number of benzene rings is 1. The minimum Gasteiger partial charge on any atom is -0.399 e. The van der Waals surface area contributed by atoms with Gasteiger partial charge < -0.3 is 20.5 Å². The lowest BCUT2D eigenvalue weighted by molar-refractivity contribution is -0.171. The molecule has 0 aliphatic heterocycles. The van der Waals surface area contributed by atoms with Crippen LogP contribution in [-0.4, -0.2) is 20.1 Å². The summed E-state index contributed by atoms with van der Waals surface area (Å²) in [7, 11) is 3.17. The van der Waals surface area contributed by atoms with Gasteiger partial charge in [0.15, 0.2) is 0 Å². The first-order chi connectivity index (χ1) is 7.00. The van der Waals surface area contributed by atoms with Crippen LogP contribution in [0.1, 0.15) is 12.5 Å². The van der Waals surface area contributed by atoms with Crippen LogP contribution in [0.15, 0.2) is 18.2 Å². The molecule has 0 fully saturated rings. The Balaban J connectivity index is 2.85. The third-order valence-electron chi connectivity index (χ3n) is 2.42. The average molecular weight is 210 g/mol. The van der Waals surface area contributed by atoms with Gasteiger partial charge in [0.05, 0.1) is 0 Å². The summed E-state index contributed by atoms with van der Waals surface area (Å²) in [6.45, 7) is 3.76. The van der Waals surface area contributed by atoms with Gasteiger partial charge in [0.25, 0.3) is 0 Å². The predicted molar refractivity (Wildman–Crippen MR) is 61.6 cm³/mol. The van der Waals surface area contributed by atoms with Gasteiger partial charge in [0, 0.05) is 32.5 Å². The summed E-state index contributed by atoms with van der Waals surface area (Å²) in [5.41, 5.74) is 8.44. The van der Waals surface area contributed by atoms with Gasteiger partial charge in [-0.3, -0.25) is 0 Å².